The number of anilines is 3. The molecule has 1 aliphatic rings. The van der Waals surface area contributed by atoms with Gasteiger partial charge >= 0.3 is 0 Å². The van der Waals surface area contributed by atoms with Gasteiger partial charge in [0.1, 0.15) is 11.6 Å². The number of rotatable bonds is 6. The van der Waals surface area contributed by atoms with E-state index in [-0.39, 0.29) is 24.3 Å². The van der Waals surface area contributed by atoms with Crippen molar-refractivity contribution in [2.45, 2.75) is 32.7 Å². The molecule has 4 rings (SSSR count). The van der Waals surface area contributed by atoms with Crippen LogP contribution >= 0.6 is 0 Å². The summed E-state index contributed by atoms with van der Waals surface area (Å²) in [6, 6.07) is 13.6. The van der Waals surface area contributed by atoms with Crippen LogP contribution in [0.15, 0.2) is 48.5 Å². The molecule has 1 aromatic carbocycles. The molecule has 0 bridgehead atoms. The van der Waals surface area contributed by atoms with Crippen LogP contribution < -0.4 is 10.6 Å². The largest absolute Gasteiger partial charge is 0.325 e. The van der Waals surface area contributed by atoms with Crippen LogP contribution in [0.2, 0.25) is 0 Å². The van der Waals surface area contributed by atoms with Crippen molar-refractivity contribution in [2.75, 3.05) is 23.7 Å². The standard InChI is InChI=1S/C23H25FN6O/c1-15-13-16(2)26-23(25-15)29-21-7-3-5-19(28-21)20-6-4-12-30(20)14-22(31)27-18-10-8-17(24)9-11-18/h3,5,7-11,13,20H,4,6,12,14H2,1-2H3,(H,27,31)(H,25,26,28,29). The molecular formula is C23H25FN6O. The zero-order valence-corrected chi connectivity index (χ0v) is 17.6. The van der Waals surface area contributed by atoms with Gasteiger partial charge in [0.15, 0.2) is 0 Å². The molecule has 2 N–H and O–H groups in total. The van der Waals surface area contributed by atoms with E-state index in [0.717, 1.165) is 36.5 Å². The number of halogens is 1. The van der Waals surface area contributed by atoms with E-state index in [0.29, 0.717) is 17.5 Å². The first-order chi connectivity index (χ1) is 15.0. The summed E-state index contributed by atoms with van der Waals surface area (Å²) in [7, 11) is 0. The van der Waals surface area contributed by atoms with E-state index >= 15 is 0 Å². The second-order valence-corrected chi connectivity index (χ2v) is 7.73. The van der Waals surface area contributed by atoms with Crippen molar-refractivity contribution in [3.8, 4) is 0 Å². The molecule has 3 aromatic rings. The predicted molar refractivity (Wildman–Crippen MR) is 118 cm³/mol. The maximum absolute atomic E-state index is 13.1. The van der Waals surface area contributed by atoms with Gasteiger partial charge in [-0.3, -0.25) is 9.69 Å². The molecule has 1 aliphatic heterocycles. The number of nitrogens with zero attached hydrogens (tertiary/aromatic N) is 4. The highest BCUT2D eigenvalue weighted by atomic mass is 19.1. The Morgan fingerprint density at radius 3 is 2.58 bits per heavy atom. The van der Waals surface area contributed by atoms with Gasteiger partial charge in [0, 0.05) is 17.1 Å². The van der Waals surface area contributed by atoms with Crippen LogP contribution in [0.3, 0.4) is 0 Å². The molecule has 7 nitrogen and oxygen atoms in total. The molecule has 31 heavy (non-hydrogen) atoms. The quantitative estimate of drug-likeness (QED) is 0.623. The number of nitrogens with one attached hydrogen (secondary N) is 2. The van der Waals surface area contributed by atoms with Crippen LogP contribution in [0.1, 0.15) is 36.0 Å². The molecule has 1 atom stereocenters. The summed E-state index contributed by atoms with van der Waals surface area (Å²) in [5.41, 5.74) is 3.27. The predicted octanol–water partition coefficient (Wildman–Crippen LogP) is 4.15. The van der Waals surface area contributed by atoms with Gasteiger partial charge in [-0.05, 0) is 75.7 Å². The highest BCUT2D eigenvalue weighted by Crippen LogP contribution is 2.31. The molecular weight excluding hydrogens is 395 g/mol. The Morgan fingerprint density at radius 1 is 1.10 bits per heavy atom. The first-order valence-electron chi connectivity index (χ1n) is 10.3. The number of aromatic nitrogens is 3. The summed E-state index contributed by atoms with van der Waals surface area (Å²) in [5, 5.41) is 6.01. The molecule has 0 radical (unpaired) electrons. The van der Waals surface area contributed by atoms with Crippen LogP contribution in [0, 0.1) is 19.7 Å². The molecule has 0 aliphatic carbocycles. The van der Waals surface area contributed by atoms with Crippen molar-refractivity contribution >= 4 is 23.4 Å². The van der Waals surface area contributed by atoms with E-state index in [1.54, 1.807) is 12.1 Å². The molecule has 1 fully saturated rings. The van der Waals surface area contributed by atoms with Crippen molar-refractivity contribution in [1.82, 2.24) is 19.9 Å². The van der Waals surface area contributed by atoms with Crippen molar-refractivity contribution < 1.29 is 9.18 Å². The Kier molecular flexibility index (Phi) is 6.18. The molecule has 0 saturated carbocycles. The van der Waals surface area contributed by atoms with Gasteiger partial charge in [0.25, 0.3) is 0 Å². The third-order valence-electron chi connectivity index (χ3n) is 5.17. The van der Waals surface area contributed by atoms with Crippen LogP contribution in [0.5, 0.6) is 0 Å². The van der Waals surface area contributed by atoms with Crippen molar-refractivity contribution in [3.05, 3.63) is 71.4 Å². The van der Waals surface area contributed by atoms with Crippen LogP contribution in [-0.4, -0.2) is 38.8 Å². The number of carbonyl (C=O) groups is 1. The molecule has 2 aromatic heterocycles. The van der Waals surface area contributed by atoms with Crippen LogP contribution in [-0.2, 0) is 4.79 Å². The average molecular weight is 420 g/mol. The number of carbonyl (C=O) groups excluding carboxylic acids is 1. The minimum Gasteiger partial charge on any atom is -0.325 e. The SMILES string of the molecule is Cc1cc(C)nc(Nc2cccc(C3CCCN3CC(=O)Nc3ccc(F)cc3)n2)n1. The van der Waals surface area contributed by atoms with E-state index in [9.17, 15) is 9.18 Å². The van der Waals surface area contributed by atoms with Gasteiger partial charge < -0.3 is 10.6 Å². The number of pyridine rings is 1. The van der Waals surface area contributed by atoms with Gasteiger partial charge in [0.2, 0.25) is 11.9 Å². The second-order valence-electron chi connectivity index (χ2n) is 7.73. The zero-order valence-electron chi connectivity index (χ0n) is 17.6. The number of likely N-dealkylation sites (tertiary alicyclic amines) is 1. The number of amides is 1. The van der Waals surface area contributed by atoms with Gasteiger partial charge in [0.05, 0.1) is 18.3 Å². The van der Waals surface area contributed by atoms with Crippen LogP contribution in [0.25, 0.3) is 0 Å². The van der Waals surface area contributed by atoms with E-state index in [1.165, 1.54) is 12.1 Å². The van der Waals surface area contributed by atoms with Crippen LogP contribution in [0.4, 0.5) is 21.8 Å². The molecule has 8 heteroatoms. The molecule has 1 unspecified atom stereocenters. The number of aryl methyl sites for hydroxylation is 2. The second kappa shape index (κ2) is 9.18. The highest BCUT2D eigenvalue weighted by molar-refractivity contribution is 5.92. The Morgan fingerprint density at radius 2 is 1.84 bits per heavy atom. The molecule has 3 heterocycles. The van der Waals surface area contributed by atoms with E-state index in [4.69, 9.17) is 4.98 Å². The van der Waals surface area contributed by atoms with Crippen molar-refractivity contribution in [3.63, 3.8) is 0 Å². The summed E-state index contributed by atoms with van der Waals surface area (Å²) in [6.45, 7) is 4.93. The first kappa shape index (κ1) is 20.9. The van der Waals surface area contributed by atoms with Gasteiger partial charge in [-0.15, -0.1) is 0 Å². The van der Waals surface area contributed by atoms with E-state index in [2.05, 4.69) is 25.5 Å². The smallest absolute Gasteiger partial charge is 0.238 e. The summed E-state index contributed by atoms with van der Waals surface area (Å²) < 4.78 is 13.1. The normalized spacial score (nSPS) is 16.3. The molecule has 0 spiro atoms. The fourth-order valence-corrected chi connectivity index (χ4v) is 3.87. The Balaban J connectivity index is 1.43. The summed E-state index contributed by atoms with van der Waals surface area (Å²) in [5.74, 6) is 0.731. The fourth-order valence-electron chi connectivity index (χ4n) is 3.87. The fraction of sp³-hybridized carbons (Fsp3) is 0.304. The van der Waals surface area contributed by atoms with Gasteiger partial charge in [-0.2, -0.15) is 0 Å². The lowest BCUT2D eigenvalue weighted by Gasteiger charge is -2.23. The Labute approximate surface area is 180 Å². The monoisotopic (exact) mass is 420 g/mol. The molecule has 1 saturated heterocycles. The summed E-state index contributed by atoms with van der Waals surface area (Å²) >= 11 is 0. The number of hydrogen-bond acceptors (Lipinski definition) is 6. The molecule has 160 valence electrons. The van der Waals surface area contributed by atoms with Gasteiger partial charge in [-0.1, -0.05) is 6.07 Å². The van der Waals surface area contributed by atoms with Crippen molar-refractivity contribution in [2.24, 2.45) is 0 Å². The number of hydrogen-bond donors (Lipinski definition) is 2. The van der Waals surface area contributed by atoms with Crippen molar-refractivity contribution in [1.29, 1.82) is 0 Å². The Bertz CT molecular complexity index is 1050. The average Bonchev–Trinajstić information content (AvgIpc) is 3.17. The Hall–Kier alpha value is -3.39. The zero-order chi connectivity index (χ0) is 21.8. The lowest BCUT2D eigenvalue weighted by molar-refractivity contribution is -0.117. The minimum absolute atomic E-state index is 0.0564. The number of benzene rings is 1. The first-order valence-corrected chi connectivity index (χ1v) is 10.3. The summed E-state index contributed by atoms with van der Waals surface area (Å²) in [6.07, 6.45) is 1.92. The lowest BCUT2D eigenvalue weighted by atomic mass is 10.1. The molecule has 1 amide bonds. The maximum Gasteiger partial charge on any atom is 0.238 e. The van der Waals surface area contributed by atoms with E-state index < -0.39 is 0 Å². The third kappa shape index (κ3) is 5.40. The highest BCUT2D eigenvalue weighted by Gasteiger charge is 2.28. The third-order valence-corrected chi connectivity index (χ3v) is 5.17. The minimum atomic E-state index is -0.330. The maximum atomic E-state index is 13.1. The lowest BCUT2D eigenvalue weighted by Crippen LogP contribution is -2.33. The topological polar surface area (TPSA) is 83.0 Å². The summed E-state index contributed by atoms with van der Waals surface area (Å²) in [4.78, 5) is 28.2. The van der Waals surface area contributed by atoms with E-state index in [1.807, 2.05) is 38.1 Å². The van der Waals surface area contributed by atoms with Gasteiger partial charge in [-0.25, -0.2) is 19.3 Å².